The molecule has 1 aromatic carbocycles. The summed E-state index contributed by atoms with van der Waals surface area (Å²) in [5.41, 5.74) is 0.553. The van der Waals surface area contributed by atoms with Crippen molar-refractivity contribution in [3.05, 3.63) is 30.1 Å². The van der Waals surface area contributed by atoms with Gasteiger partial charge >= 0.3 is 0 Å². The zero-order valence-corrected chi connectivity index (χ0v) is 17.4. The first-order valence-corrected chi connectivity index (χ1v) is 12.2. The van der Waals surface area contributed by atoms with E-state index in [0.29, 0.717) is 37.0 Å². The Morgan fingerprint density at radius 3 is 2.28 bits per heavy atom. The average molecular weight is 424 g/mol. The fourth-order valence-electron chi connectivity index (χ4n) is 6.37. The predicted molar refractivity (Wildman–Crippen MR) is 112 cm³/mol. The molecule has 6 nitrogen and oxygen atoms in total. The number of hydrogen-bond acceptors (Lipinski definition) is 5. The van der Waals surface area contributed by atoms with Gasteiger partial charge in [0.15, 0.2) is 0 Å². The molecule has 1 amide bonds. The van der Waals surface area contributed by atoms with Crippen LogP contribution in [-0.2, 0) is 4.79 Å². The number of amides is 1. The molecule has 160 valence electrons. The molecule has 4 bridgehead atoms. The van der Waals surface area contributed by atoms with Crippen LogP contribution in [0.25, 0.3) is 0 Å². The first-order chi connectivity index (χ1) is 13.9. The van der Waals surface area contributed by atoms with Crippen molar-refractivity contribution in [3.8, 4) is 0 Å². The van der Waals surface area contributed by atoms with Gasteiger partial charge in [-0.15, -0.1) is 0 Å². The van der Waals surface area contributed by atoms with Gasteiger partial charge in [0.1, 0.15) is 5.82 Å². The van der Waals surface area contributed by atoms with E-state index < -0.39 is 11.0 Å². The molecule has 8 heteroatoms. The molecule has 0 atom stereocenters. The molecule has 1 aromatic rings. The number of benzene rings is 1. The summed E-state index contributed by atoms with van der Waals surface area (Å²) in [6, 6.07) is 5.95. The highest BCUT2D eigenvalue weighted by Gasteiger charge is 2.48. The van der Waals surface area contributed by atoms with Gasteiger partial charge in [0.05, 0.1) is 12.2 Å². The highest BCUT2D eigenvalue weighted by atomic mass is 32.3. The maximum Gasteiger partial charge on any atom is 0.236 e. The number of carbonyl (C=O) groups is 1. The van der Waals surface area contributed by atoms with E-state index in [1.54, 1.807) is 12.1 Å². The fourth-order valence-corrected chi connectivity index (χ4v) is 8.09. The molecular formula is C21H30FN3O3S. The fraction of sp³-hybridized carbons (Fsp3) is 0.667. The Hall–Kier alpha value is -1.35. The van der Waals surface area contributed by atoms with Gasteiger partial charge in [0, 0.05) is 19.1 Å². The molecule has 0 radical (unpaired) electrons. The number of rotatable bonds is 4. The van der Waals surface area contributed by atoms with Gasteiger partial charge in [-0.25, -0.2) is 4.39 Å². The molecule has 1 aliphatic heterocycles. The van der Waals surface area contributed by atoms with Gasteiger partial charge in [0.25, 0.3) is 0 Å². The van der Waals surface area contributed by atoms with E-state index >= 15 is 0 Å². The van der Waals surface area contributed by atoms with E-state index in [0.717, 1.165) is 11.8 Å². The summed E-state index contributed by atoms with van der Waals surface area (Å²) in [6.07, 6.45) is 7.01. The van der Waals surface area contributed by atoms with E-state index in [1.807, 2.05) is 0 Å². The van der Waals surface area contributed by atoms with Crippen LogP contribution in [0.3, 0.4) is 0 Å². The van der Waals surface area contributed by atoms with Crippen molar-refractivity contribution in [3.63, 3.8) is 0 Å². The molecule has 5 fully saturated rings. The van der Waals surface area contributed by atoms with Crippen molar-refractivity contribution < 1.29 is 18.3 Å². The Morgan fingerprint density at radius 1 is 1.03 bits per heavy atom. The van der Waals surface area contributed by atoms with Crippen molar-refractivity contribution in [2.45, 2.75) is 44.6 Å². The van der Waals surface area contributed by atoms with Crippen LogP contribution in [0.2, 0.25) is 0 Å². The molecular weight excluding hydrogens is 393 g/mol. The average Bonchev–Trinajstić information content (AvgIpc) is 2.66. The summed E-state index contributed by atoms with van der Waals surface area (Å²) in [6.45, 7) is 0.888. The molecule has 1 saturated heterocycles. The summed E-state index contributed by atoms with van der Waals surface area (Å²) < 4.78 is 38.0. The summed E-state index contributed by atoms with van der Waals surface area (Å²) in [4.78, 5) is 12.8. The van der Waals surface area contributed by atoms with Gasteiger partial charge in [-0.3, -0.25) is 18.2 Å². The van der Waals surface area contributed by atoms with Gasteiger partial charge in [-0.05, 0) is 86.5 Å². The van der Waals surface area contributed by atoms with Crippen LogP contribution in [0.15, 0.2) is 24.3 Å². The lowest BCUT2D eigenvalue weighted by Gasteiger charge is -2.55. The number of nitrogens with one attached hydrogen (secondary N) is 1. The number of hydrogen-bond donors (Lipinski definition) is 3. The van der Waals surface area contributed by atoms with Crippen molar-refractivity contribution in [2.75, 3.05) is 23.9 Å². The summed E-state index contributed by atoms with van der Waals surface area (Å²) in [5, 5.41) is 3.25. The minimum absolute atomic E-state index is 0.0250. The molecule has 5 aliphatic rings. The van der Waals surface area contributed by atoms with Crippen LogP contribution < -0.4 is 9.62 Å². The van der Waals surface area contributed by atoms with Crippen LogP contribution in [0.5, 0.6) is 0 Å². The van der Waals surface area contributed by atoms with E-state index in [-0.39, 0.29) is 24.3 Å². The monoisotopic (exact) mass is 423 g/mol. The predicted octanol–water partition coefficient (Wildman–Crippen LogP) is 3.86. The highest BCUT2D eigenvalue weighted by Crippen LogP contribution is 2.54. The molecule has 0 unspecified atom stereocenters. The normalized spacial score (nSPS) is 36.8. The molecule has 0 aromatic heterocycles. The van der Waals surface area contributed by atoms with E-state index in [4.69, 9.17) is 0 Å². The van der Waals surface area contributed by atoms with Gasteiger partial charge in [-0.2, -0.15) is 4.31 Å². The SMILES string of the molecule is O=C(CN1CCCN(c2ccc(F)cc2)S1(O)O)NC1C2CC3CC(C2)CC1C3. The summed E-state index contributed by atoms with van der Waals surface area (Å²) in [7, 11) is -3.30. The molecule has 0 spiro atoms. The number of halogens is 1. The third-order valence-electron chi connectivity index (χ3n) is 7.40. The van der Waals surface area contributed by atoms with E-state index in [9.17, 15) is 18.3 Å². The number of carbonyl (C=O) groups excluding carboxylic acids is 1. The summed E-state index contributed by atoms with van der Waals surface area (Å²) >= 11 is 0. The maximum absolute atomic E-state index is 13.2. The molecule has 4 saturated carbocycles. The molecule has 6 rings (SSSR count). The van der Waals surface area contributed by atoms with Crippen molar-refractivity contribution in [1.29, 1.82) is 0 Å². The standard InChI is InChI=1S/C21H30FN3O3S/c22-18-2-4-19(5-3-18)25-7-1-6-24(29(25,27)28)13-20(26)23-21-16-9-14-8-15(11-16)12-17(21)10-14/h2-5,14-17,21,27-28H,1,6-13H2,(H,23,26). The lowest BCUT2D eigenvalue weighted by molar-refractivity contribution is -0.125. The van der Waals surface area contributed by atoms with E-state index in [1.165, 1.54) is 52.8 Å². The van der Waals surface area contributed by atoms with Gasteiger partial charge in [0.2, 0.25) is 5.91 Å². The molecule has 1 heterocycles. The second-order valence-corrected chi connectivity index (χ2v) is 11.2. The topological polar surface area (TPSA) is 76.0 Å². The molecule has 4 aliphatic carbocycles. The van der Waals surface area contributed by atoms with Crippen LogP contribution in [0.4, 0.5) is 10.1 Å². The van der Waals surface area contributed by atoms with Crippen molar-refractivity contribution >= 4 is 22.6 Å². The Kier molecular flexibility index (Phi) is 5.01. The Morgan fingerprint density at radius 2 is 1.66 bits per heavy atom. The largest absolute Gasteiger partial charge is 0.352 e. The first-order valence-electron chi connectivity index (χ1n) is 10.8. The van der Waals surface area contributed by atoms with Crippen molar-refractivity contribution in [2.24, 2.45) is 23.7 Å². The second-order valence-electron chi connectivity index (χ2n) is 9.31. The van der Waals surface area contributed by atoms with Gasteiger partial charge in [-0.1, -0.05) is 11.0 Å². The van der Waals surface area contributed by atoms with Crippen LogP contribution in [0, 0.1) is 29.5 Å². The number of anilines is 1. The molecule has 29 heavy (non-hydrogen) atoms. The second kappa shape index (κ2) is 7.41. The van der Waals surface area contributed by atoms with Crippen LogP contribution in [-0.4, -0.2) is 45.0 Å². The van der Waals surface area contributed by atoms with Gasteiger partial charge < -0.3 is 5.32 Å². The minimum Gasteiger partial charge on any atom is -0.352 e. The van der Waals surface area contributed by atoms with Crippen molar-refractivity contribution in [1.82, 2.24) is 9.62 Å². The summed E-state index contributed by atoms with van der Waals surface area (Å²) in [5.74, 6) is 2.39. The quantitative estimate of drug-likeness (QED) is 0.686. The van der Waals surface area contributed by atoms with E-state index in [2.05, 4.69) is 5.32 Å². The Labute approximate surface area is 173 Å². The lowest BCUT2D eigenvalue weighted by Crippen LogP contribution is -2.57. The Balaban J connectivity index is 1.25. The van der Waals surface area contributed by atoms with Crippen LogP contribution in [0.1, 0.15) is 38.5 Å². The van der Waals surface area contributed by atoms with Crippen LogP contribution >= 0.6 is 11.0 Å². The molecule has 3 N–H and O–H groups in total. The third kappa shape index (κ3) is 3.65. The third-order valence-corrected chi connectivity index (χ3v) is 9.39. The minimum atomic E-state index is -3.30. The smallest absolute Gasteiger partial charge is 0.236 e. The lowest BCUT2D eigenvalue weighted by atomic mass is 9.54. The number of nitrogens with zero attached hydrogens (tertiary/aromatic N) is 2. The Bertz CT molecular complexity index is 747. The maximum atomic E-state index is 13.2. The first kappa shape index (κ1) is 19.6. The zero-order chi connectivity index (χ0) is 20.2. The highest BCUT2D eigenvalue weighted by molar-refractivity contribution is 8.23. The zero-order valence-electron chi connectivity index (χ0n) is 16.5.